The summed E-state index contributed by atoms with van der Waals surface area (Å²) in [5.41, 5.74) is 3.33. The van der Waals surface area contributed by atoms with Crippen LogP contribution in [0.3, 0.4) is 0 Å². The second kappa shape index (κ2) is 8.09. The van der Waals surface area contributed by atoms with Crippen molar-refractivity contribution in [1.82, 2.24) is 9.97 Å². The summed E-state index contributed by atoms with van der Waals surface area (Å²) in [5.74, 6) is -1.03. The van der Waals surface area contributed by atoms with Crippen LogP contribution in [-0.2, 0) is 19.0 Å². The van der Waals surface area contributed by atoms with Crippen LogP contribution in [0.2, 0.25) is 0 Å². The van der Waals surface area contributed by atoms with Crippen LogP contribution in [0.25, 0.3) is 6.08 Å². The minimum Gasteiger partial charge on any atom is -0.479 e. The Balaban J connectivity index is 1.29. The van der Waals surface area contributed by atoms with Crippen LogP contribution in [0, 0.1) is 0 Å². The molecule has 0 bridgehead atoms. The molecule has 1 aromatic carbocycles. The molecule has 9 heteroatoms. The quantitative estimate of drug-likeness (QED) is 0.645. The van der Waals surface area contributed by atoms with Gasteiger partial charge in [-0.3, -0.25) is 0 Å². The van der Waals surface area contributed by atoms with Crippen molar-refractivity contribution < 1.29 is 24.1 Å². The predicted molar refractivity (Wildman–Crippen MR) is 120 cm³/mol. The van der Waals surface area contributed by atoms with E-state index < -0.39 is 36.2 Å². The van der Waals surface area contributed by atoms with Gasteiger partial charge in [-0.2, -0.15) is 0 Å². The average Bonchev–Trinajstić information content (AvgIpc) is 3.35. The number of benzene rings is 1. The fourth-order valence-corrected chi connectivity index (χ4v) is 5.30. The highest BCUT2D eigenvalue weighted by atomic mass is 16.8. The molecule has 3 aliphatic heterocycles. The number of carboxylic acid groups (broad SMARTS) is 1. The summed E-state index contributed by atoms with van der Waals surface area (Å²) in [6.45, 7) is 0.473. The molecule has 172 valence electrons. The lowest BCUT2D eigenvalue weighted by Crippen LogP contribution is -2.39. The van der Waals surface area contributed by atoms with Gasteiger partial charge in [-0.25, -0.2) is 14.8 Å². The van der Waals surface area contributed by atoms with E-state index in [1.54, 1.807) is 0 Å². The molecule has 0 unspecified atom stereocenters. The first-order valence-corrected chi connectivity index (χ1v) is 11.5. The van der Waals surface area contributed by atoms with Gasteiger partial charge in [0.2, 0.25) is 0 Å². The number of aromatic nitrogens is 2. The summed E-state index contributed by atoms with van der Waals surface area (Å²) in [6, 6.07) is 9.80. The van der Waals surface area contributed by atoms with Gasteiger partial charge in [-0.1, -0.05) is 24.6 Å². The molecular weight excluding hydrogens is 424 g/mol. The van der Waals surface area contributed by atoms with Gasteiger partial charge in [0.05, 0.1) is 5.69 Å². The number of nitrogens with zero attached hydrogens (tertiary/aromatic N) is 2. The standard InChI is InChI=1S/C24H26N4O5/c29-23(30)21-20-19(32-24(33-20)9-5-2-6-10-24)18(31-21)14-11-16-17(25-12-14)22(27-13-26-16)28-15-7-3-1-4-8-15/h1,3-4,7-8,11,13,18-21,25H,2,5-6,9-10,12H2,(H,29,30)(H,26,27,28)/t18-,19+,20+,21-/m0/s1. The monoisotopic (exact) mass is 450 g/mol. The fourth-order valence-electron chi connectivity index (χ4n) is 5.30. The van der Waals surface area contributed by atoms with Crippen molar-refractivity contribution in [2.24, 2.45) is 0 Å². The van der Waals surface area contributed by atoms with E-state index in [9.17, 15) is 9.90 Å². The molecule has 4 aliphatic rings. The van der Waals surface area contributed by atoms with Crippen molar-refractivity contribution >= 4 is 29.2 Å². The zero-order valence-electron chi connectivity index (χ0n) is 18.1. The average molecular weight is 450 g/mol. The third kappa shape index (κ3) is 3.66. The topological polar surface area (TPSA) is 115 Å². The number of ether oxygens (including phenoxy) is 3. The van der Waals surface area contributed by atoms with E-state index in [2.05, 4.69) is 20.6 Å². The molecule has 1 aliphatic carbocycles. The number of anilines is 3. The molecule has 33 heavy (non-hydrogen) atoms. The molecule has 1 aromatic heterocycles. The fraction of sp³-hybridized carbons (Fsp3) is 0.458. The molecule has 2 saturated heterocycles. The van der Waals surface area contributed by atoms with E-state index in [-0.39, 0.29) is 0 Å². The zero-order valence-corrected chi connectivity index (χ0v) is 18.1. The Morgan fingerprint density at radius 1 is 1.09 bits per heavy atom. The van der Waals surface area contributed by atoms with Gasteiger partial charge >= 0.3 is 5.97 Å². The summed E-state index contributed by atoms with van der Waals surface area (Å²) >= 11 is 0. The van der Waals surface area contributed by atoms with Crippen LogP contribution in [0.5, 0.6) is 0 Å². The van der Waals surface area contributed by atoms with Gasteiger partial charge in [0.1, 0.15) is 30.3 Å². The van der Waals surface area contributed by atoms with Crippen molar-refractivity contribution in [3.63, 3.8) is 0 Å². The van der Waals surface area contributed by atoms with Gasteiger partial charge < -0.3 is 30.0 Å². The molecule has 0 amide bonds. The summed E-state index contributed by atoms with van der Waals surface area (Å²) in [6.07, 6.45) is 5.60. The van der Waals surface area contributed by atoms with Gasteiger partial charge in [0.25, 0.3) is 0 Å². The third-order valence-electron chi connectivity index (χ3n) is 6.84. The summed E-state index contributed by atoms with van der Waals surface area (Å²) < 4.78 is 18.7. The molecule has 0 radical (unpaired) electrons. The Hall–Kier alpha value is -3.01. The number of aliphatic carboxylic acids is 1. The number of hydrogen-bond donors (Lipinski definition) is 3. The zero-order chi connectivity index (χ0) is 22.4. The van der Waals surface area contributed by atoms with Gasteiger partial charge in [-0.05, 0) is 36.6 Å². The van der Waals surface area contributed by atoms with Crippen LogP contribution in [0.15, 0.2) is 42.2 Å². The summed E-state index contributed by atoms with van der Waals surface area (Å²) in [5, 5.41) is 16.5. The number of fused-ring (bicyclic) bond motifs is 2. The van der Waals surface area contributed by atoms with Gasteiger partial charge in [0.15, 0.2) is 17.7 Å². The van der Waals surface area contributed by atoms with Crippen molar-refractivity contribution in [3.8, 4) is 0 Å². The van der Waals surface area contributed by atoms with E-state index >= 15 is 0 Å². The lowest BCUT2D eigenvalue weighted by molar-refractivity contribution is -0.222. The van der Waals surface area contributed by atoms with Crippen LogP contribution in [-0.4, -0.2) is 57.8 Å². The molecule has 3 N–H and O–H groups in total. The maximum absolute atomic E-state index is 11.9. The summed E-state index contributed by atoms with van der Waals surface area (Å²) in [4.78, 5) is 20.8. The molecule has 3 fully saturated rings. The second-order valence-electron chi connectivity index (χ2n) is 9.00. The molecule has 4 heterocycles. The van der Waals surface area contributed by atoms with E-state index in [1.165, 1.54) is 6.33 Å². The second-order valence-corrected chi connectivity index (χ2v) is 9.00. The SMILES string of the molecule is O=C(O)[C@H]1O[C@@H](C2=Cc3ncnc(Nc4ccccc4)c3NC2)[C@H]2OC3(CCCCC3)O[C@H]21. The number of carboxylic acids is 1. The first-order chi connectivity index (χ1) is 16.1. The Morgan fingerprint density at radius 2 is 1.88 bits per heavy atom. The smallest absolute Gasteiger partial charge is 0.335 e. The Kier molecular flexibility index (Phi) is 5.05. The first kappa shape index (κ1) is 20.6. The van der Waals surface area contributed by atoms with E-state index in [0.717, 1.165) is 54.7 Å². The van der Waals surface area contributed by atoms with Crippen molar-refractivity contribution in [3.05, 3.63) is 47.9 Å². The van der Waals surface area contributed by atoms with E-state index in [1.807, 2.05) is 36.4 Å². The highest BCUT2D eigenvalue weighted by Gasteiger charge is 2.60. The van der Waals surface area contributed by atoms with E-state index in [0.29, 0.717) is 12.4 Å². The summed E-state index contributed by atoms with van der Waals surface area (Å²) in [7, 11) is 0. The van der Waals surface area contributed by atoms with Crippen molar-refractivity contribution in [2.45, 2.75) is 62.3 Å². The minimum atomic E-state index is -1.05. The third-order valence-corrected chi connectivity index (χ3v) is 6.84. The van der Waals surface area contributed by atoms with Crippen LogP contribution in [0.1, 0.15) is 37.8 Å². The number of hydrogen-bond acceptors (Lipinski definition) is 8. The molecule has 9 nitrogen and oxygen atoms in total. The highest BCUT2D eigenvalue weighted by Crippen LogP contribution is 2.47. The Labute approximate surface area is 191 Å². The van der Waals surface area contributed by atoms with Crippen molar-refractivity contribution in [2.75, 3.05) is 17.2 Å². The lowest BCUT2D eigenvalue weighted by atomic mass is 9.94. The number of rotatable bonds is 4. The van der Waals surface area contributed by atoms with Crippen molar-refractivity contribution in [1.29, 1.82) is 0 Å². The van der Waals surface area contributed by atoms with E-state index in [4.69, 9.17) is 14.2 Å². The minimum absolute atomic E-state index is 0.456. The maximum atomic E-state index is 11.9. The molecule has 4 atom stereocenters. The number of nitrogens with one attached hydrogen (secondary N) is 2. The van der Waals surface area contributed by atoms with Crippen LogP contribution >= 0.6 is 0 Å². The highest BCUT2D eigenvalue weighted by molar-refractivity contribution is 5.81. The predicted octanol–water partition coefficient (Wildman–Crippen LogP) is 3.33. The molecular formula is C24H26N4O5. The first-order valence-electron chi connectivity index (χ1n) is 11.5. The lowest BCUT2D eigenvalue weighted by Gasteiger charge is -2.34. The number of carbonyl (C=O) groups is 1. The molecule has 6 rings (SSSR count). The van der Waals surface area contributed by atoms with Crippen LogP contribution in [0.4, 0.5) is 17.2 Å². The Morgan fingerprint density at radius 3 is 2.67 bits per heavy atom. The molecule has 1 saturated carbocycles. The Bertz CT molecular complexity index is 1090. The largest absolute Gasteiger partial charge is 0.479 e. The molecule has 1 spiro atoms. The van der Waals surface area contributed by atoms with Gasteiger partial charge in [0, 0.05) is 25.1 Å². The van der Waals surface area contributed by atoms with Gasteiger partial charge in [-0.15, -0.1) is 0 Å². The molecule has 2 aromatic rings. The maximum Gasteiger partial charge on any atom is 0.335 e. The van der Waals surface area contributed by atoms with Crippen LogP contribution < -0.4 is 10.6 Å². The normalized spacial score (nSPS) is 29.6. The number of para-hydroxylation sites is 1.